The first-order chi connectivity index (χ1) is 13.9. The third kappa shape index (κ3) is 3.32. The first kappa shape index (κ1) is 19.3. The van der Waals surface area contributed by atoms with E-state index in [1.54, 1.807) is 17.0 Å². The van der Waals surface area contributed by atoms with E-state index >= 15 is 0 Å². The van der Waals surface area contributed by atoms with E-state index in [0.29, 0.717) is 34.7 Å². The molecule has 4 rings (SSSR count). The molecule has 2 aromatic heterocycles. The highest BCUT2D eigenvalue weighted by atomic mass is 16.5. The van der Waals surface area contributed by atoms with Crippen LogP contribution in [0.25, 0.3) is 10.9 Å². The maximum Gasteiger partial charge on any atom is 0.261 e. The summed E-state index contributed by atoms with van der Waals surface area (Å²) in [4.78, 5) is 17.8. The number of hydrogen-bond donors (Lipinski definition) is 0. The van der Waals surface area contributed by atoms with Gasteiger partial charge in [0.25, 0.3) is 5.56 Å². The molecule has 0 amide bonds. The Bertz CT molecular complexity index is 1130. The molecule has 1 aromatic carbocycles. The molecule has 0 N–H and O–H groups in total. The Morgan fingerprint density at radius 1 is 1.03 bits per heavy atom. The van der Waals surface area contributed by atoms with Gasteiger partial charge in [0.2, 0.25) is 5.75 Å². The third-order valence-corrected chi connectivity index (χ3v) is 5.67. The van der Waals surface area contributed by atoms with E-state index in [2.05, 4.69) is 23.1 Å². The number of benzene rings is 1. The van der Waals surface area contributed by atoms with Crippen LogP contribution in [0.2, 0.25) is 0 Å². The summed E-state index contributed by atoms with van der Waals surface area (Å²) in [7, 11) is 4.59. The quantitative estimate of drug-likeness (QED) is 0.609. The van der Waals surface area contributed by atoms with Crippen LogP contribution >= 0.6 is 0 Å². The van der Waals surface area contributed by atoms with Crippen molar-refractivity contribution in [2.75, 3.05) is 21.3 Å². The van der Waals surface area contributed by atoms with Crippen LogP contribution < -0.4 is 19.8 Å². The van der Waals surface area contributed by atoms with E-state index in [-0.39, 0.29) is 11.0 Å². The summed E-state index contributed by atoms with van der Waals surface area (Å²) in [6.07, 6.45) is 3.72. The van der Waals surface area contributed by atoms with Gasteiger partial charge >= 0.3 is 0 Å². The number of nitrogens with zero attached hydrogens (tertiary/aromatic N) is 4. The largest absolute Gasteiger partial charge is 0.493 e. The second kappa shape index (κ2) is 7.09. The Labute approximate surface area is 169 Å². The molecular weight excluding hydrogens is 372 g/mol. The molecule has 0 unspecified atom stereocenters. The standard InChI is InChI=1S/C21H26N4O4/c1-13-8-14(2)25(23-13)11-21(6-7-21)10-24-12-22-17-15(20(24)26)9-16(27-3)18(28-4)19(17)29-5/h8-9,12H,6-7,10-11H2,1-5H3. The minimum absolute atomic E-state index is 0.0308. The monoisotopic (exact) mass is 398 g/mol. The number of aryl methyl sites for hydroxylation is 2. The van der Waals surface area contributed by atoms with Crippen LogP contribution in [-0.2, 0) is 13.1 Å². The smallest absolute Gasteiger partial charge is 0.261 e. The van der Waals surface area contributed by atoms with Crippen molar-refractivity contribution in [1.29, 1.82) is 0 Å². The molecular formula is C21H26N4O4. The van der Waals surface area contributed by atoms with Crippen LogP contribution in [0.15, 0.2) is 23.3 Å². The Morgan fingerprint density at radius 2 is 1.76 bits per heavy atom. The van der Waals surface area contributed by atoms with Gasteiger partial charge < -0.3 is 14.2 Å². The van der Waals surface area contributed by atoms with Gasteiger partial charge in [0.15, 0.2) is 11.5 Å². The summed E-state index contributed by atoms with van der Waals surface area (Å²) in [5.74, 6) is 1.27. The van der Waals surface area contributed by atoms with Gasteiger partial charge in [0.1, 0.15) is 5.52 Å². The SMILES string of the molecule is COc1cc2c(=O)n(CC3(Cn4nc(C)cc4C)CC3)cnc2c(OC)c1OC. The predicted molar refractivity (Wildman–Crippen MR) is 109 cm³/mol. The van der Waals surface area contributed by atoms with Gasteiger partial charge in [-0.2, -0.15) is 5.10 Å². The van der Waals surface area contributed by atoms with Crippen molar-refractivity contribution in [2.45, 2.75) is 39.8 Å². The van der Waals surface area contributed by atoms with Crippen LogP contribution in [0, 0.1) is 19.3 Å². The molecule has 2 heterocycles. The molecule has 8 nitrogen and oxygen atoms in total. The molecule has 1 aliphatic carbocycles. The van der Waals surface area contributed by atoms with Crippen molar-refractivity contribution in [3.8, 4) is 17.2 Å². The van der Waals surface area contributed by atoms with Gasteiger partial charge in [-0.1, -0.05) is 0 Å². The van der Waals surface area contributed by atoms with Crippen molar-refractivity contribution in [2.24, 2.45) is 5.41 Å². The van der Waals surface area contributed by atoms with Crippen LogP contribution in [0.4, 0.5) is 0 Å². The molecule has 8 heteroatoms. The fourth-order valence-corrected chi connectivity index (χ4v) is 3.94. The van der Waals surface area contributed by atoms with Crippen molar-refractivity contribution in [3.63, 3.8) is 0 Å². The molecule has 0 saturated heterocycles. The third-order valence-electron chi connectivity index (χ3n) is 5.67. The maximum atomic E-state index is 13.2. The zero-order valence-corrected chi connectivity index (χ0v) is 17.5. The summed E-state index contributed by atoms with van der Waals surface area (Å²) in [5, 5.41) is 5.03. The molecule has 1 fully saturated rings. The lowest BCUT2D eigenvalue weighted by Crippen LogP contribution is -2.28. The lowest BCUT2D eigenvalue weighted by Gasteiger charge is -2.19. The average Bonchev–Trinajstić information content (AvgIpc) is 3.39. The molecule has 29 heavy (non-hydrogen) atoms. The number of rotatable bonds is 7. The molecule has 0 bridgehead atoms. The van der Waals surface area contributed by atoms with Gasteiger partial charge in [-0.05, 0) is 38.8 Å². The van der Waals surface area contributed by atoms with Crippen molar-refractivity contribution in [3.05, 3.63) is 40.2 Å². The number of hydrogen-bond acceptors (Lipinski definition) is 6. The maximum absolute atomic E-state index is 13.2. The van der Waals surface area contributed by atoms with E-state index in [1.807, 2.05) is 11.6 Å². The summed E-state index contributed by atoms with van der Waals surface area (Å²) < 4.78 is 20.0. The highest BCUT2D eigenvalue weighted by molar-refractivity contribution is 5.89. The van der Waals surface area contributed by atoms with E-state index in [4.69, 9.17) is 14.2 Å². The fraction of sp³-hybridized carbons (Fsp3) is 0.476. The van der Waals surface area contributed by atoms with Gasteiger partial charge in [0.05, 0.1) is 38.7 Å². The lowest BCUT2D eigenvalue weighted by molar-refractivity contribution is 0.325. The van der Waals surface area contributed by atoms with E-state index < -0.39 is 0 Å². The molecule has 0 spiro atoms. The molecule has 1 aliphatic rings. The van der Waals surface area contributed by atoms with Crippen molar-refractivity contribution < 1.29 is 14.2 Å². The fourth-order valence-electron chi connectivity index (χ4n) is 3.94. The normalized spacial score (nSPS) is 14.8. The van der Waals surface area contributed by atoms with Crippen molar-refractivity contribution >= 4 is 10.9 Å². The second-order valence-corrected chi connectivity index (χ2v) is 7.80. The molecule has 154 valence electrons. The number of fused-ring (bicyclic) bond motifs is 1. The zero-order valence-electron chi connectivity index (χ0n) is 17.5. The van der Waals surface area contributed by atoms with Crippen LogP contribution in [0.5, 0.6) is 17.2 Å². The Hall–Kier alpha value is -3.03. The Kier molecular flexibility index (Phi) is 4.72. The average molecular weight is 398 g/mol. The van der Waals surface area contributed by atoms with Gasteiger partial charge in [-0.3, -0.25) is 14.0 Å². The van der Waals surface area contributed by atoms with Crippen molar-refractivity contribution in [1.82, 2.24) is 19.3 Å². The first-order valence-electron chi connectivity index (χ1n) is 9.60. The van der Waals surface area contributed by atoms with E-state index in [1.165, 1.54) is 21.3 Å². The van der Waals surface area contributed by atoms with Gasteiger partial charge in [-0.25, -0.2) is 4.98 Å². The van der Waals surface area contributed by atoms with E-state index in [9.17, 15) is 4.79 Å². The van der Waals surface area contributed by atoms with Crippen LogP contribution in [0.3, 0.4) is 0 Å². The van der Waals surface area contributed by atoms with Gasteiger partial charge in [0, 0.05) is 24.2 Å². The molecule has 0 atom stereocenters. The highest BCUT2D eigenvalue weighted by Crippen LogP contribution is 2.48. The molecule has 0 radical (unpaired) electrons. The topological polar surface area (TPSA) is 80.4 Å². The number of ether oxygens (including phenoxy) is 3. The van der Waals surface area contributed by atoms with Crippen LogP contribution in [-0.4, -0.2) is 40.7 Å². The predicted octanol–water partition coefficient (Wildman–Crippen LogP) is 2.72. The summed E-state index contributed by atoms with van der Waals surface area (Å²) in [6, 6.07) is 3.74. The van der Waals surface area contributed by atoms with Gasteiger partial charge in [-0.15, -0.1) is 0 Å². The summed E-state index contributed by atoms with van der Waals surface area (Å²) in [6.45, 7) is 5.46. The summed E-state index contributed by atoms with van der Waals surface area (Å²) >= 11 is 0. The molecule has 1 saturated carbocycles. The zero-order chi connectivity index (χ0) is 20.8. The number of methoxy groups -OCH3 is 3. The van der Waals surface area contributed by atoms with Crippen LogP contribution in [0.1, 0.15) is 24.2 Å². The Balaban J connectivity index is 1.73. The minimum atomic E-state index is -0.117. The number of aromatic nitrogens is 4. The molecule has 0 aliphatic heterocycles. The lowest BCUT2D eigenvalue weighted by atomic mass is 10.1. The second-order valence-electron chi connectivity index (χ2n) is 7.80. The summed E-state index contributed by atoms with van der Waals surface area (Å²) in [5.41, 5.74) is 2.53. The minimum Gasteiger partial charge on any atom is -0.493 e. The van der Waals surface area contributed by atoms with E-state index in [0.717, 1.165) is 30.8 Å². The molecule has 3 aromatic rings. The first-order valence-corrected chi connectivity index (χ1v) is 9.60. The highest BCUT2D eigenvalue weighted by Gasteiger charge is 2.44. The Morgan fingerprint density at radius 3 is 2.31 bits per heavy atom.